The minimum Gasteiger partial charge on any atom is -0.454 e. The van der Waals surface area contributed by atoms with E-state index in [1.807, 2.05) is 12.1 Å². The van der Waals surface area contributed by atoms with E-state index in [9.17, 15) is 0 Å². The first-order valence-electron chi connectivity index (χ1n) is 9.30. The normalized spacial score (nSPS) is 13.4. The summed E-state index contributed by atoms with van der Waals surface area (Å²) in [6, 6.07) is 3.98. The molecule has 1 aromatic carbocycles. The Balaban J connectivity index is 1.64. The zero-order valence-electron chi connectivity index (χ0n) is 16.5. The molecule has 3 N–H and O–H groups in total. The molecule has 0 spiro atoms. The van der Waals surface area contributed by atoms with Crippen LogP contribution in [0.2, 0.25) is 0 Å². The number of nitrogens with one attached hydrogen (secondary N) is 1. The average molecular weight is 523 g/mol. The number of nitrogens with zero attached hydrogens (tertiary/aromatic N) is 4. The zero-order valence-corrected chi connectivity index (χ0v) is 19.5. The maximum atomic E-state index is 6.06. The molecule has 10 heteroatoms. The van der Waals surface area contributed by atoms with Crippen LogP contribution in [0, 0.1) is 3.57 Å². The van der Waals surface area contributed by atoms with Crippen LogP contribution in [0.25, 0.3) is 11.2 Å². The van der Waals surface area contributed by atoms with Gasteiger partial charge in [0.15, 0.2) is 33.6 Å². The lowest BCUT2D eigenvalue weighted by Gasteiger charge is -2.20. The van der Waals surface area contributed by atoms with Crippen molar-refractivity contribution in [2.75, 3.05) is 19.1 Å². The van der Waals surface area contributed by atoms with Crippen LogP contribution in [0.4, 0.5) is 5.82 Å². The summed E-state index contributed by atoms with van der Waals surface area (Å²) in [6.07, 6.45) is 2.43. The topological polar surface area (TPSA) is 100 Å². The number of nitrogens with two attached hydrogens (primary N) is 1. The molecule has 29 heavy (non-hydrogen) atoms. The van der Waals surface area contributed by atoms with Gasteiger partial charge >= 0.3 is 0 Å². The molecular weight excluding hydrogens is 500 g/mol. The fraction of sp³-hybridized carbons (Fsp3) is 0.421. The monoisotopic (exact) mass is 523 g/mol. The number of hydrogen-bond acceptors (Lipinski definition) is 8. The van der Waals surface area contributed by atoms with Gasteiger partial charge in [-0.2, -0.15) is 0 Å². The van der Waals surface area contributed by atoms with Gasteiger partial charge in [-0.3, -0.25) is 0 Å². The number of fused-ring (bicyclic) bond motifs is 2. The molecule has 0 atom stereocenters. The highest BCUT2D eigenvalue weighted by Crippen LogP contribution is 2.41. The third-order valence-corrected chi connectivity index (χ3v) is 6.68. The molecule has 1 aliphatic rings. The van der Waals surface area contributed by atoms with Crippen molar-refractivity contribution < 1.29 is 9.47 Å². The summed E-state index contributed by atoms with van der Waals surface area (Å²) in [5.41, 5.74) is 7.54. The van der Waals surface area contributed by atoms with Crippen molar-refractivity contribution in [2.45, 2.75) is 49.3 Å². The highest BCUT2D eigenvalue weighted by molar-refractivity contribution is 14.1. The van der Waals surface area contributed by atoms with Crippen LogP contribution >= 0.6 is 34.4 Å². The quantitative estimate of drug-likeness (QED) is 0.373. The summed E-state index contributed by atoms with van der Waals surface area (Å²) in [7, 11) is 0. The third-order valence-electron chi connectivity index (χ3n) is 4.37. The predicted molar refractivity (Wildman–Crippen MR) is 122 cm³/mol. The van der Waals surface area contributed by atoms with Crippen molar-refractivity contribution in [3.8, 4) is 11.5 Å². The summed E-state index contributed by atoms with van der Waals surface area (Å²) < 4.78 is 14.2. The van der Waals surface area contributed by atoms with Crippen molar-refractivity contribution >= 4 is 51.3 Å². The number of aromatic nitrogens is 4. The van der Waals surface area contributed by atoms with Crippen molar-refractivity contribution in [1.82, 2.24) is 24.8 Å². The number of halogens is 1. The number of benzene rings is 1. The van der Waals surface area contributed by atoms with Crippen LogP contribution in [0.1, 0.15) is 27.2 Å². The van der Waals surface area contributed by atoms with Gasteiger partial charge in [0.05, 0.1) is 0 Å². The molecule has 0 amide bonds. The Morgan fingerprint density at radius 2 is 2.00 bits per heavy atom. The molecule has 0 fully saturated rings. The van der Waals surface area contributed by atoms with E-state index < -0.39 is 0 Å². The van der Waals surface area contributed by atoms with Crippen molar-refractivity contribution in [1.29, 1.82) is 0 Å². The Bertz CT molecular complexity index is 1050. The lowest BCUT2D eigenvalue weighted by molar-refractivity contribution is 0.174. The number of anilines is 1. The van der Waals surface area contributed by atoms with Gasteiger partial charge in [0.1, 0.15) is 6.33 Å². The molecule has 3 aromatic rings. The molecule has 0 bridgehead atoms. The van der Waals surface area contributed by atoms with Crippen LogP contribution in [-0.2, 0) is 6.54 Å². The summed E-state index contributed by atoms with van der Waals surface area (Å²) in [5, 5.41) is 4.35. The first-order chi connectivity index (χ1) is 13.8. The Morgan fingerprint density at radius 3 is 2.76 bits per heavy atom. The lowest BCUT2D eigenvalue weighted by Crippen LogP contribution is -2.36. The fourth-order valence-electron chi connectivity index (χ4n) is 2.99. The van der Waals surface area contributed by atoms with Gasteiger partial charge in [0, 0.05) is 20.5 Å². The van der Waals surface area contributed by atoms with Crippen LogP contribution in [-0.4, -0.2) is 38.4 Å². The minimum atomic E-state index is 0.0871. The Kier molecular flexibility index (Phi) is 5.76. The summed E-state index contributed by atoms with van der Waals surface area (Å²) in [5.74, 6) is 1.92. The Morgan fingerprint density at radius 1 is 1.24 bits per heavy atom. The van der Waals surface area contributed by atoms with Crippen molar-refractivity contribution in [2.24, 2.45) is 0 Å². The van der Waals surface area contributed by atoms with Crippen molar-refractivity contribution in [3.63, 3.8) is 0 Å². The van der Waals surface area contributed by atoms with Gasteiger partial charge in [-0.25, -0.2) is 15.0 Å². The highest BCUT2D eigenvalue weighted by atomic mass is 124. The summed E-state index contributed by atoms with van der Waals surface area (Å²) in [4.78, 5) is 14.3. The lowest BCUT2D eigenvalue weighted by atomic mass is 10.1. The fourth-order valence-corrected chi connectivity index (χ4v) is 4.70. The van der Waals surface area contributed by atoms with E-state index in [4.69, 9.17) is 20.2 Å². The van der Waals surface area contributed by atoms with Gasteiger partial charge < -0.3 is 25.1 Å². The number of hydrogen-bond donors (Lipinski definition) is 2. The molecule has 0 saturated heterocycles. The van der Waals surface area contributed by atoms with Gasteiger partial charge in [0.2, 0.25) is 6.79 Å². The van der Waals surface area contributed by atoms with Gasteiger partial charge in [-0.1, -0.05) is 11.8 Å². The summed E-state index contributed by atoms with van der Waals surface area (Å²) >= 11 is 3.87. The Hall–Kier alpha value is -1.79. The molecule has 1 aliphatic heterocycles. The van der Waals surface area contributed by atoms with E-state index in [-0.39, 0.29) is 12.3 Å². The van der Waals surface area contributed by atoms with E-state index in [1.54, 1.807) is 11.8 Å². The molecule has 8 nitrogen and oxygen atoms in total. The second-order valence-corrected chi connectivity index (χ2v) is 9.92. The van der Waals surface area contributed by atoms with Crippen LogP contribution in [0.3, 0.4) is 0 Å². The molecule has 154 valence electrons. The molecule has 4 rings (SSSR count). The molecule has 2 aromatic heterocycles. The zero-order chi connectivity index (χ0) is 20.6. The van der Waals surface area contributed by atoms with Crippen LogP contribution < -0.4 is 20.5 Å². The van der Waals surface area contributed by atoms with Crippen LogP contribution in [0.5, 0.6) is 11.5 Å². The maximum absolute atomic E-state index is 6.06. The largest absolute Gasteiger partial charge is 0.454 e. The molecule has 0 unspecified atom stereocenters. The molecule has 0 aliphatic carbocycles. The average Bonchev–Trinajstić information content (AvgIpc) is 3.23. The van der Waals surface area contributed by atoms with Gasteiger partial charge in [-0.15, -0.1) is 0 Å². The van der Waals surface area contributed by atoms with Gasteiger partial charge in [0.25, 0.3) is 0 Å². The third kappa shape index (κ3) is 4.53. The highest BCUT2D eigenvalue weighted by Gasteiger charge is 2.20. The van der Waals surface area contributed by atoms with Crippen molar-refractivity contribution in [3.05, 3.63) is 22.0 Å². The second kappa shape index (κ2) is 8.15. The smallest absolute Gasteiger partial charge is 0.231 e. The number of aryl methyl sites for hydroxylation is 1. The first-order valence-corrected chi connectivity index (χ1v) is 11.2. The second-order valence-electron chi connectivity index (χ2n) is 7.75. The SMILES string of the molecule is CC(C)(C)NCCCn1c(Sc2cc3c(cc2[124I])OCO3)nc2c(N)ncnc21. The number of rotatable bonds is 6. The maximum Gasteiger partial charge on any atom is 0.231 e. The molecular formula is C19H23IN6O2S. The summed E-state index contributed by atoms with van der Waals surface area (Å²) in [6.45, 7) is 8.42. The minimum absolute atomic E-state index is 0.0871. The standard InChI is InChI=1S/C19H23IN6O2S/c1-19(2,3)24-5-4-6-26-17-15(16(21)22-9-23-17)25-18(26)29-14-8-13-12(7-11(14)20)27-10-28-13/h7-9,24H,4-6,10H2,1-3H3,(H2,21,22,23)/i20-3. The number of ether oxygens (including phenoxy) is 2. The van der Waals surface area contributed by atoms with E-state index in [1.165, 1.54) is 6.33 Å². The predicted octanol–water partition coefficient (Wildman–Crippen LogP) is 3.67. The molecule has 3 heterocycles. The molecule has 0 saturated carbocycles. The van der Waals surface area contributed by atoms with Crippen LogP contribution in [0.15, 0.2) is 28.5 Å². The number of imidazole rings is 1. The van der Waals surface area contributed by atoms with E-state index >= 15 is 0 Å². The Labute approximate surface area is 187 Å². The molecule has 0 radical (unpaired) electrons. The van der Waals surface area contributed by atoms with E-state index in [0.29, 0.717) is 11.3 Å². The first kappa shape index (κ1) is 20.5. The van der Waals surface area contributed by atoms with Gasteiger partial charge in [-0.05, 0) is 68.5 Å². The van der Waals surface area contributed by atoms with E-state index in [0.717, 1.165) is 50.3 Å². The van der Waals surface area contributed by atoms with E-state index in [2.05, 4.69) is 63.2 Å². The number of nitrogen functional groups attached to an aromatic ring is 1.